The lowest BCUT2D eigenvalue weighted by Gasteiger charge is -2.16. The van der Waals surface area contributed by atoms with Crippen LogP contribution < -0.4 is 16.8 Å². The van der Waals surface area contributed by atoms with Gasteiger partial charge in [0.15, 0.2) is 11.5 Å². The van der Waals surface area contributed by atoms with Crippen LogP contribution in [0.5, 0.6) is 0 Å². The normalized spacial score (nSPS) is 23.3. The number of nitrogen functional groups attached to an aromatic ring is 1. The third-order valence-electron chi connectivity index (χ3n) is 3.95. The zero-order valence-corrected chi connectivity index (χ0v) is 11.9. The van der Waals surface area contributed by atoms with E-state index in [0.29, 0.717) is 11.3 Å². The number of nitrogens with one attached hydrogen (secondary N) is 1. The molecular formula is C13H19N7O. The maximum Gasteiger partial charge on any atom is 0.236 e. The second kappa shape index (κ2) is 5.28. The highest BCUT2D eigenvalue weighted by molar-refractivity contribution is 5.82. The van der Waals surface area contributed by atoms with Crippen LogP contribution in [0.4, 0.5) is 5.82 Å². The van der Waals surface area contributed by atoms with Crippen molar-refractivity contribution in [2.24, 2.45) is 5.73 Å². The second-order valence-electron chi connectivity index (χ2n) is 5.54. The first-order valence-corrected chi connectivity index (χ1v) is 7.05. The highest BCUT2D eigenvalue weighted by atomic mass is 16.2. The van der Waals surface area contributed by atoms with Gasteiger partial charge < -0.3 is 21.4 Å². The number of nitrogens with two attached hydrogens (primary N) is 2. The number of fused-ring (bicyclic) bond motifs is 1. The third-order valence-corrected chi connectivity index (χ3v) is 3.95. The highest BCUT2D eigenvalue weighted by Crippen LogP contribution is 2.32. The molecule has 1 saturated carbocycles. The first-order chi connectivity index (χ1) is 10.1. The summed E-state index contributed by atoms with van der Waals surface area (Å²) in [6.07, 6.45) is 5.91. The molecule has 112 valence electrons. The van der Waals surface area contributed by atoms with Crippen molar-refractivity contribution in [3.8, 4) is 0 Å². The molecule has 5 N–H and O–H groups in total. The van der Waals surface area contributed by atoms with E-state index in [9.17, 15) is 4.79 Å². The Kier molecular flexibility index (Phi) is 3.46. The standard InChI is InChI=1S/C13H19N7O/c1-7(14)13(21)19-8-2-3-9(4-8)20-6-18-10-11(15)16-5-17-12(10)20/h5-9H,2-4,14H2,1H3,(H,19,21)(H2,15,16,17)/t7-,8+,9-/m0/s1. The molecule has 3 rings (SSSR count). The smallest absolute Gasteiger partial charge is 0.236 e. The Hall–Kier alpha value is -2.22. The molecule has 0 aromatic carbocycles. The van der Waals surface area contributed by atoms with Crippen LogP contribution in [0.1, 0.15) is 32.2 Å². The second-order valence-corrected chi connectivity index (χ2v) is 5.54. The minimum Gasteiger partial charge on any atom is -0.382 e. The van der Waals surface area contributed by atoms with Crippen molar-refractivity contribution in [2.45, 2.75) is 44.3 Å². The van der Waals surface area contributed by atoms with Crippen LogP contribution in [0.15, 0.2) is 12.7 Å². The molecule has 3 atom stereocenters. The van der Waals surface area contributed by atoms with Crippen LogP contribution in [0, 0.1) is 0 Å². The maximum atomic E-state index is 11.7. The van der Waals surface area contributed by atoms with Crippen molar-refractivity contribution in [1.82, 2.24) is 24.8 Å². The molecular weight excluding hydrogens is 270 g/mol. The Labute approximate surface area is 121 Å². The van der Waals surface area contributed by atoms with Crippen molar-refractivity contribution < 1.29 is 4.79 Å². The number of carbonyl (C=O) groups excluding carboxylic acids is 1. The van der Waals surface area contributed by atoms with E-state index in [-0.39, 0.29) is 18.0 Å². The molecule has 0 unspecified atom stereocenters. The summed E-state index contributed by atoms with van der Waals surface area (Å²) in [5.41, 5.74) is 12.7. The molecule has 1 fully saturated rings. The Balaban J connectivity index is 1.76. The lowest BCUT2D eigenvalue weighted by Crippen LogP contribution is -2.43. The van der Waals surface area contributed by atoms with Gasteiger partial charge in [-0.15, -0.1) is 0 Å². The van der Waals surface area contributed by atoms with Crippen molar-refractivity contribution in [1.29, 1.82) is 0 Å². The molecule has 2 heterocycles. The first kappa shape index (κ1) is 13.7. The summed E-state index contributed by atoms with van der Waals surface area (Å²) >= 11 is 0. The molecule has 8 nitrogen and oxygen atoms in total. The van der Waals surface area contributed by atoms with E-state index >= 15 is 0 Å². The monoisotopic (exact) mass is 289 g/mol. The Bertz CT molecular complexity index is 666. The number of aromatic nitrogens is 4. The lowest BCUT2D eigenvalue weighted by molar-refractivity contribution is -0.122. The van der Waals surface area contributed by atoms with Gasteiger partial charge in [-0.25, -0.2) is 15.0 Å². The number of rotatable bonds is 3. The predicted octanol–water partition coefficient (Wildman–Crippen LogP) is -0.0345. The van der Waals surface area contributed by atoms with E-state index < -0.39 is 6.04 Å². The van der Waals surface area contributed by atoms with Crippen LogP contribution in [0.2, 0.25) is 0 Å². The van der Waals surface area contributed by atoms with Gasteiger partial charge in [-0.1, -0.05) is 0 Å². The molecule has 2 aromatic heterocycles. The summed E-state index contributed by atoms with van der Waals surface area (Å²) in [5.74, 6) is 0.279. The predicted molar refractivity (Wildman–Crippen MR) is 78.2 cm³/mol. The average Bonchev–Trinajstić information content (AvgIpc) is 3.05. The van der Waals surface area contributed by atoms with Gasteiger partial charge in [0.1, 0.15) is 11.8 Å². The number of nitrogens with zero attached hydrogens (tertiary/aromatic N) is 4. The van der Waals surface area contributed by atoms with Gasteiger partial charge in [0, 0.05) is 12.1 Å². The molecule has 0 aliphatic heterocycles. The van der Waals surface area contributed by atoms with E-state index in [1.165, 1.54) is 6.33 Å². The van der Waals surface area contributed by atoms with Crippen LogP contribution in [-0.4, -0.2) is 37.5 Å². The summed E-state index contributed by atoms with van der Waals surface area (Å²) in [6, 6.07) is -0.0847. The van der Waals surface area contributed by atoms with Crippen LogP contribution >= 0.6 is 0 Å². The molecule has 2 aromatic rings. The molecule has 0 radical (unpaired) electrons. The minimum atomic E-state index is -0.481. The molecule has 0 saturated heterocycles. The lowest BCUT2D eigenvalue weighted by atomic mass is 10.2. The number of hydrogen-bond acceptors (Lipinski definition) is 6. The zero-order chi connectivity index (χ0) is 15.0. The summed E-state index contributed by atoms with van der Waals surface area (Å²) in [6.45, 7) is 1.69. The maximum absolute atomic E-state index is 11.7. The fourth-order valence-corrected chi connectivity index (χ4v) is 2.81. The van der Waals surface area contributed by atoms with E-state index in [4.69, 9.17) is 11.5 Å². The number of anilines is 1. The number of imidazole rings is 1. The van der Waals surface area contributed by atoms with E-state index in [1.807, 2.05) is 4.57 Å². The fraction of sp³-hybridized carbons (Fsp3) is 0.538. The average molecular weight is 289 g/mol. The Morgan fingerprint density at radius 3 is 3.00 bits per heavy atom. The van der Waals surface area contributed by atoms with Crippen LogP contribution in [-0.2, 0) is 4.79 Å². The molecule has 1 amide bonds. The van der Waals surface area contributed by atoms with Crippen molar-refractivity contribution in [3.05, 3.63) is 12.7 Å². The van der Waals surface area contributed by atoms with Gasteiger partial charge in [0.2, 0.25) is 5.91 Å². The van der Waals surface area contributed by atoms with Crippen molar-refractivity contribution in [3.63, 3.8) is 0 Å². The van der Waals surface area contributed by atoms with Crippen LogP contribution in [0.25, 0.3) is 11.2 Å². The number of amides is 1. The quantitative estimate of drug-likeness (QED) is 0.728. The summed E-state index contributed by atoms with van der Waals surface area (Å²) in [5, 5.41) is 2.97. The van der Waals surface area contributed by atoms with Gasteiger partial charge >= 0.3 is 0 Å². The van der Waals surface area contributed by atoms with E-state index in [1.54, 1.807) is 13.3 Å². The van der Waals surface area contributed by atoms with Gasteiger partial charge in [-0.05, 0) is 26.2 Å². The first-order valence-electron chi connectivity index (χ1n) is 7.05. The Morgan fingerprint density at radius 2 is 2.24 bits per heavy atom. The minimum absolute atomic E-state index is 0.109. The molecule has 8 heteroatoms. The summed E-state index contributed by atoms with van der Waals surface area (Å²) in [7, 11) is 0. The topological polar surface area (TPSA) is 125 Å². The van der Waals surface area contributed by atoms with Gasteiger partial charge in [0.25, 0.3) is 0 Å². The molecule has 1 aliphatic rings. The molecule has 0 spiro atoms. The number of carbonyl (C=O) groups is 1. The van der Waals surface area contributed by atoms with Crippen LogP contribution in [0.3, 0.4) is 0 Å². The van der Waals surface area contributed by atoms with E-state index in [0.717, 1.165) is 24.9 Å². The summed E-state index contributed by atoms with van der Waals surface area (Å²) < 4.78 is 2.02. The number of hydrogen-bond donors (Lipinski definition) is 3. The third kappa shape index (κ3) is 2.54. The highest BCUT2D eigenvalue weighted by Gasteiger charge is 2.29. The van der Waals surface area contributed by atoms with Gasteiger partial charge in [-0.3, -0.25) is 4.79 Å². The van der Waals surface area contributed by atoms with E-state index in [2.05, 4.69) is 20.3 Å². The summed E-state index contributed by atoms with van der Waals surface area (Å²) in [4.78, 5) is 24.1. The van der Waals surface area contributed by atoms with Gasteiger partial charge in [0.05, 0.1) is 12.4 Å². The SMILES string of the molecule is C[C@H](N)C(=O)N[C@@H]1CC[C@H](n2cnc3c(N)ncnc32)C1. The zero-order valence-electron chi connectivity index (χ0n) is 11.9. The Morgan fingerprint density at radius 1 is 1.43 bits per heavy atom. The van der Waals surface area contributed by atoms with Gasteiger partial charge in [-0.2, -0.15) is 0 Å². The fourth-order valence-electron chi connectivity index (χ4n) is 2.81. The molecule has 0 bridgehead atoms. The molecule has 21 heavy (non-hydrogen) atoms. The molecule has 1 aliphatic carbocycles. The van der Waals surface area contributed by atoms with Crippen molar-refractivity contribution >= 4 is 22.9 Å². The van der Waals surface area contributed by atoms with Crippen molar-refractivity contribution in [2.75, 3.05) is 5.73 Å². The largest absolute Gasteiger partial charge is 0.382 e.